The lowest BCUT2D eigenvalue weighted by Gasteiger charge is -2.08. The fourth-order valence-corrected chi connectivity index (χ4v) is 1.10. The maximum absolute atomic E-state index is 10.4. The highest BCUT2D eigenvalue weighted by molar-refractivity contribution is 7.98. The molecule has 0 spiro atoms. The maximum atomic E-state index is 10.4. The van der Waals surface area contributed by atoms with Crippen LogP contribution in [-0.4, -0.2) is 36.2 Å². The number of hydrogen-bond donors (Lipinski definition) is 2. The molecule has 76 valence electrons. The van der Waals surface area contributed by atoms with Crippen molar-refractivity contribution in [3.8, 4) is 0 Å². The summed E-state index contributed by atoms with van der Waals surface area (Å²) in [7, 11) is 1.67. The zero-order chi connectivity index (χ0) is 7.98. The Hall–Kier alpha value is 0.420. The smallest absolute Gasteiger partial charge is 0.320 e. The van der Waals surface area contributed by atoms with Crippen molar-refractivity contribution in [2.75, 3.05) is 19.1 Å². The minimum absolute atomic E-state index is 0. The van der Waals surface area contributed by atoms with E-state index in [1.165, 1.54) is 0 Å². The molecule has 0 aliphatic heterocycles. The highest BCUT2D eigenvalue weighted by atomic mass is 35.5. The van der Waals surface area contributed by atoms with Crippen LogP contribution in [0.3, 0.4) is 0 Å². The van der Waals surface area contributed by atoms with Crippen LogP contribution in [0.4, 0.5) is 0 Å². The summed E-state index contributed by atoms with van der Waals surface area (Å²) in [6, 6.07) is -0.382. The Morgan fingerprint density at radius 1 is 1.67 bits per heavy atom. The van der Waals surface area contributed by atoms with Crippen LogP contribution in [0, 0.1) is 0 Å². The number of carbonyl (C=O) groups is 1. The molecule has 0 fully saturated rings. The fourth-order valence-electron chi connectivity index (χ4n) is 0.627. The maximum Gasteiger partial charge on any atom is 0.320 e. The largest absolute Gasteiger partial charge is 0.480 e. The third-order valence-electron chi connectivity index (χ3n) is 1.26. The summed E-state index contributed by atoms with van der Waals surface area (Å²) in [4.78, 5) is 10.4. The quantitative estimate of drug-likeness (QED) is 0.743. The predicted molar refractivity (Wildman–Crippen MR) is 61.1 cm³/mol. The Morgan fingerprint density at radius 2 is 2.17 bits per heavy atom. The summed E-state index contributed by atoms with van der Waals surface area (Å²) in [6.07, 6.45) is 2.65. The van der Waals surface area contributed by atoms with Gasteiger partial charge in [0.25, 0.3) is 0 Å². The first-order chi connectivity index (χ1) is 4.72. The Balaban J connectivity index is -0.000000405. The number of thioether (sulfide) groups is 1. The fraction of sp³-hybridized carbons (Fsp3) is 0.833. The second-order valence-corrected chi connectivity index (χ2v) is 2.95. The molecule has 0 radical (unpaired) electrons. The van der Waals surface area contributed by atoms with E-state index in [-0.39, 0.29) is 31.9 Å². The predicted octanol–water partition coefficient (Wildman–Crippen LogP) is 0.947. The van der Waals surface area contributed by atoms with Crippen molar-refractivity contribution in [3.63, 3.8) is 0 Å². The molecule has 0 aromatic rings. The summed E-state index contributed by atoms with van der Waals surface area (Å²) in [5.41, 5.74) is 0. The zero-order valence-electron chi connectivity index (χ0n) is 7.16. The lowest BCUT2D eigenvalue weighted by molar-refractivity contribution is -0.139. The van der Waals surface area contributed by atoms with Crippen molar-refractivity contribution in [3.05, 3.63) is 0 Å². The van der Waals surface area contributed by atoms with Crippen LogP contribution in [0.5, 0.6) is 0 Å². The van der Waals surface area contributed by atoms with Gasteiger partial charge in [0, 0.05) is 0 Å². The van der Waals surface area contributed by atoms with Gasteiger partial charge in [-0.2, -0.15) is 25.3 Å². The summed E-state index contributed by atoms with van der Waals surface area (Å²) in [6.45, 7) is 0. The van der Waals surface area contributed by atoms with E-state index in [1.807, 2.05) is 6.26 Å². The summed E-state index contributed by atoms with van der Waals surface area (Å²) < 4.78 is 0. The van der Waals surface area contributed by atoms with Gasteiger partial charge in [0.1, 0.15) is 6.04 Å². The SMILES string of the molecule is CN[C@@H](CCSC)C(=O)O.Cl.S. The van der Waals surface area contributed by atoms with Crippen LogP contribution >= 0.6 is 37.7 Å². The molecule has 0 amide bonds. The average Bonchev–Trinajstić information content (AvgIpc) is 1.89. The minimum Gasteiger partial charge on any atom is -0.480 e. The molecule has 0 aliphatic rings. The molecular formula is C6H16ClNO2S2. The first-order valence-electron chi connectivity index (χ1n) is 3.11. The zero-order valence-corrected chi connectivity index (χ0v) is 9.80. The number of rotatable bonds is 5. The van der Waals surface area contributed by atoms with Gasteiger partial charge in [-0.15, -0.1) is 12.4 Å². The molecule has 0 saturated carbocycles. The van der Waals surface area contributed by atoms with E-state index in [1.54, 1.807) is 18.8 Å². The molecular weight excluding hydrogens is 218 g/mol. The Labute approximate surface area is 90.5 Å². The number of halogens is 1. The summed E-state index contributed by atoms with van der Waals surface area (Å²) in [5.74, 6) is 0.120. The topological polar surface area (TPSA) is 49.3 Å². The van der Waals surface area contributed by atoms with E-state index in [2.05, 4.69) is 5.32 Å². The van der Waals surface area contributed by atoms with Crippen LogP contribution in [-0.2, 0) is 4.79 Å². The Kier molecular flexibility index (Phi) is 17.4. The number of aliphatic carboxylic acids is 1. The Morgan fingerprint density at radius 3 is 2.42 bits per heavy atom. The molecule has 1 atom stereocenters. The van der Waals surface area contributed by atoms with Gasteiger partial charge in [0.15, 0.2) is 0 Å². The van der Waals surface area contributed by atoms with Gasteiger partial charge in [0.2, 0.25) is 0 Å². The van der Waals surface area contributed by atoms with Crippen molar-refractivity contribution in [1.29, 1.82) is 0 Å². The number of hydrogen-bond acceptors (Lipinski definition) is 3. The van der Waals surface area contributed by atoms with Crippen LogP contribution in [0.2, 0.25) is 0 Å². The molecule has 0 bridgehead atoms. The van der Waals surface area contributed by atoms with Crippen molar-refractivity contribution in [2.24, 2.45) is 0 Å². The highest BCUT2D eigenvalue weighted by Gasteiger charge is 2.12. The summed E-state index contributed by atoms with van der Waals surface area (Å²) in [5, 5.41) is 11.3. The molecule has 0 aromatic carbocycles. The van der Waals surface area contributed by atoms with Crippen molar-refractivity contribution in [1.82, 2.24) is 5.32 Å². The van der Waals surface area contributed by atoms with Crippen molar-refractivity contribution >= 4 is 43.6 Å². The normalized spacial score (nSPS) is 10.8. The highest BCUT2D eigenvalue weighted by Crippen LogP contribution is 1.99. The third-order valence-corrected chi connectivity index (χ3v) is 1.90. The van der Waals surface area contributed by atoms with Crippen LogP contribution in [0.1, 0.15) is 6.42 Å². The first kappa shape index (κ1) is 18.3. The average molecular weight is 234 g/mol. The number of carboxylic acids is 1. The molecule has 6 heteroatoms. The number of carboxylic acid groups (broad SMARTS) is 1. The van der Waals surface area contributed by atoms with Gasteiger partial charge in [0.05, 0.1) is 0 Å². The van der Waals surface area contributed by atoms with E-state index in [0.29, 0.717) is 6.42 Å². The van der Waals surface area contributed by atoms with E-state index >= 15 is 0 Å². The molecule has 0 saturated heterocycles. The number of nitrogens with one attached hydrogen (secondary N) is 1. The van der Waals surface area contributed by atoms with E-state index in [9.17, 15) is 4.79 Å². The van der Waals surface area contributed by atoms with Gasteiger partial charge in [-0.05, 0) is 25.5 Å². The van der Waals surface area contributed by atoms with Gasteiger partial charge in [-0.3, -0.25) is 4.79 Å². The standard InChI is InChI=1S/C6H13NO2S.ClH.H2S/c1-7-5(6(8)9)3-4-10-2;;/h5,7H,3-4H2,1-2H3,(H,8,9);1H;1H2/t5-;;/m0../s1. The van der Waals surface area contributed by atoms with E-state index in [0.717, 1.165) is 5.75 Å². The molecule has 0 rings (SSSR count). The second-order valence-electron chi connectivity index (χ2n) is 1.96. The molecule has 0 unspecified atom stereocenters. The summed E-state index contributed by atoms with van der Waals surface area (Å²) >= 11 is 1.66. The van der Waals surface area contributed by atoms with Crippen LogP contribution in [0.25, 0.3) is 0 Å². The van der Waals surface area contributed by atoms with Crippen LogP contribution in [0.15, 0.2) is 0 Å². The molecule has 12 heavy (non-hydrogen) atoms. The lowest BCUT2D eigenvalue weighted by atomic mass is 10.2. The van der Waals surface area contributed by atoms with Gasteiger partial charge >= 0.3 is 5.97 Å². The Bertz CT molecular complexity index is 116. The van der Waals surface area contributed by atoms with Crippen molar-refractivity contribution in [2.45, 2.75) is 12.5 Å². The second kappa shape index (κ2) is 11.4. The minimum atomic E-state index is -0.767. The first-order valence-corrected chi connectivity index (χ1v) is 4.50. The van der Waals surface area contributed by atoms with Gasteiger partial charge in [-0.25, -0.2) is 0 Å². The van der Waals surface area contributed by atoms with Crippen molar-refractivity contribution < 1.29 is 9.90 Å². The molecule has 0 aromatic heterocycles. The monoisotopic (exact) mass is 233 g/mol. The molecule has 2 N–H and O–H groups in total. The molecule has 0 heterocycles. The number of likely N-dealkylation sites (N-methyl/N-ethyl adjacent to an activating group) is 1. The van der Waals surface area contributed by atoms with Gasteiger partial charge in [-0.1, -0.05) is 0 Å². The third kappa shape index (κ3) is 8.52. The lowest BCUT2D eigenvalue weighted by Crippen LogP contribution is -2.34. The molecule has 0 aliphatic carbocycles. The van der Waals surface area contributed by atoms with E-state index < -0.39 is 5.97 Å². The van der Waals surface area contributed by atoms with E-state index in [4.69, 9.17) is 5.11 Å². The molecule has 3 nitrogen and oxygen atoms in total. The van der Waals surface area contributed by atoms with Crippen LogP contribution < -0.4 is 5.32 Å². The van der Waals surface area contributed by atoms with Gasteiger partial charge < -0.3 is 10.4 Å².